The molecule has 0 bridgehead atoms. The third kappa shape index (κ3) is 4.44. The van der Waals surface area contributed by atoms with Crippen LogP contribution in [0.1, 0.15) is 38.2 Å². The van der Waals surface area contributed by atoms with Gasteiger partial charge in [0.25, 0.3) is 0 Å². The molecule has 1 aromatic rings. The molecule has 0 unspecified atom stereocenters. The van der Waals surface area contributed by atoms with E-state index in [2.05, 4.69) is 17.0 Å². The highest BCUT2D eigenvalue weighted by atomic mass is 16.2. The van der Waals surface area contributed by atoms with E-state index in [0.717, 1.165) is 45.4 Å². The first-order valence-electron chi connectivity index (χ1n) is 9.79. The number of carbonyl (C=O) groups excluding carboxylic acids is 2. The van der Waals surface area contributed by atoms with E-state index in [4.69, 9.17) is 0 Å². The van der Waals surface area contributed by atoms with Crippen LogP contribution in [-0.4, -0.2) is 66.3 Å². The zero-order chi connectivity index (χ0) is 18.6. The first-order valence-corrected chi connectivity index (χ1v) is 9.79. The second kappa shape index (κ2) is 8.21. The topological polar surface area (TPSA) is 43.9 Å². The van der Waals surface area contributed by atoms with Gasteiger partial charge in [0.1, 0.15) is 0 Å². The first-order chi connectivity index (χ1) is 12.5. The van der Waals surface area contributed by atoms with E-state index < -0.39 is 0 Å². The van der Waals surface area contributed by atoms with Gasteiger partial charge in [-0.15, -0.1) is 0 Å². The average Bonchev–Trinajstić information content (AvgIpc) is 2.65. The summed E-state index contributed by atoms with van der Waals surface area (Å²) < 4.78 is 0. The van der Waals surface area contributed by atoms with Crippen molar-refractivity contribution in [1.29, 1.82) is 0 Å². The second-order valence-electron chi connectivity index (χ2n) is 7.96. The zero-order valence-corrected chi connectivity index (χ0v) is 16.1. The number of hydrogen-bond donors (Lipinski definition) is 0. The summed E-state index contributed by atoms with van der Waals surface area (Å²) in [7, 11) is 1.86. The van der Waals surface area contributed by atoms with Crippen LogP contribution in [0.5, 0.6) is 0 Å². The van der Waals surface area contributed by atoms with Gasteiger partial charge in [-0.05, 0) is 38.3 Å². The third-order valence-corrected chi connectivity index (χ3v) is 5.96. The Morgan fingerprint density at radius 3 is 2.69 bits per heavy atom. The fourth-order valence-electron chi connectivity index (χ4n) is 4.32. The molecule has 2 heterocycles. The summed E-state index contributed by atoms with van der Waals surface area (Å²) in [5, 5.41) is 0. The van der Waals surface area contributed by atoms with Crippen LogP contribution in [0, 0.1) is 5.41 Å². The molecule has 0 aliphatic carbocycles. The fourth-order valence-corrected chi connectivity index (χ4v) is 4.32. The molecule has 5 heteroatoms. The number of likely N-dealkylation sites (N-methyl/N-ethyl adjacent to an activating group) is 1. The Morgan fingerprint density at radius 2 is 1.96 bits per heavy atom. The van der Waals surface area contributed by atoms with Crippen molar-refractivity contribution in [2.45, 2.75) is 39.2 Å². The number of amides is 2. The number of carbonyl (C=O) groups is 2. The summed E-state index contributed by atoms with van der Waals surface area (Å²) in [6.07, 6.45) is 3.84. The van der Waals surface area contributed by atoms with Gasteiger partial charge in [0, 0.05) is 45.1 Å². The minimum atomic E-state index is 0.145. The Kier molecular flexibility index (Phi) is 5.97. The van der Waals surface area contributed by atoms with Gasteiger partial charge in [0.05, 0.1) is 6.54 Å². The van der Waals surface area contributed by atoms with Crippen LogP contribution < -0.4 is 0 Å². The summed E-state index contributed by atoms with van der Waals surface area (Å²) in [6, 6.07) is 10.2. The van der Waals surface area contributed by atoms with Crippen LogP contribution in [0.3, 0.4) is 0 Å². The molecule has 26 heavy (non-hydrogen) atoms. The predicted molar refractivity (Wildman–Crippen MR) is 103 cm³/mol. The van der Waals surface area contributed by atoms with Crippen LogP contribution in [0.15, 0.2) is 30.3 Å². The molecule has 2 amide bonds. The Bertz CT molecular complexity index is 633. The second-order valence-corrected chi connectivity index (χ2v) is 7.96. The van der Waals surface area contributed by atoms with Gasteiger partial charge in [-0.3, -0.25) is 14.5 Å². The highest BCUT2D eigenvalue weighted by molar-refractivity contribution is 5.78. The van der Waals surface area contributed by atoms with E-state index in [1.807, 2.05) is 37.1 Å². The van der Waals surface area contributed by atoms with Crippen LogP contribution in [0.2, 0.25) is 0 Å². The lowest BCUT2D eigenvalue weighted by Gasteiger charge is -2.48. The number of piperidine rings is 2. The molecule has 0 aromatic heterocycles. The Hall–Kier alpha value is -1.88. The summed E-state index contributed by atoms with van der Waals surface area (Å²) in [5.74, 6) is 0.455. The molecular formula is C21H31N3O2. The summed E-state index contributed by atoms with van der Waals surface area (Å²) in [6.45, 7) is 6.67. The standard InChI is InChI=1S/C21H31N3O2/c1-3-22(2)20(26)15-23-13-7-11-21(16-23)12-10-19(25)24(17-21)14-18-8-5-4-6-9-18/h4-6,8-9H,3,7,10-17H2,1-2H3/t21-/m0/s1. The maximum absolute atomic E-state index is 12.5. The summed E-state index contributed by atoms with van der Waals surface area (Å²) in [4.78, 5) is 30.9. The molecule has 1 atom stereocenters. The summed E-state index contributed by atoms with van der Waals surface area (Å²) in [5.41, 5.74) is 1.33. The number of hydrogen-bond acceptors (Lipinski definition) is 3. The van der Waals surface area contributed by atoms with Gasteiger partial charge in [-0.1, -0.05) is 30.3 Å². The fraction of sp³-hybridized carbons (Fsp3) is 0.619. The van der Waals surface area contributed by atoms with Gasteiger partial charge in [0.2, 0.25) is 11.8 Å². The Labute approximate surface area is 156 Å². The van der Waals surface area contributed by atoms with Gasteiger partial charge < -0.3 is 9.80 Å². The molecule has 0 radical (unpaired) electrons. The first kappa shape index (κ1) is 18.9. The van der Waals surface area contributed by atoms with Crippen molar-refractivity contribution >= 4 is 11.8 Å². The SMILES string of the molecule is CCN(C)C(=O)CN1CCC[C@]2(CCC(=O)N(Cc3ccccc3)C2)C1. The molecule has 1 spiro atoms. The number of likely N-dealkylation sites (tertiary alicyclic amines) is 2. The number of rotatable bonds is 5. The van der Waals surface area contributed by atoms with Crippen LogP contribution in [0.4, 0.5) is 0 Å². The van der Waals surface area contributed by atoms with E-state index in [9.17, 15) is 9.59 Å². The van der Waals surface area contributed by atoms with Crippen LogP contribution >= 0.6 is 0 Å². The average molecular weight is 357 g/mol. The zero-order valence-electron chi connectivity index (χ0n) is 16.1. The largest absolute Gasteiger partial charge is 0.345 e. The molecule has 0 N–H and O–H groups in total. The van der Waals surface area contributed by atoms with E-state index >= 15 is 0 Å². The normalized spacial score (nSPS) is 24.1. The maximum atomic E-state index is 12.5. The van der Waals surface area contributed by atoms with Gasteiger partial charge >= 0.3 is 0 Å². The predicted octanol–water partition coefficient (Wildman–Crippen LogP) is 2.37. The van der Waals surface area contributed by atoms with Crippen molar-refractivity contribution < 1.29 is 9.59 Å². The highest BCUT2D eigenvalue weighted by Crippen LogP contribution is 2.39. The minimum Gasteiger partial charge on any atom is -0.345 e. The molecule has 5 nitrogen and oxygen atoms in total. The lowest BCUT2D eigenvalue weighted by atomic mass is 9.73. The molecule has 2 fully saturated rings. The van der Waals surface area contributed by atoms with Crippen molar-refractivity contribution in [1.82, 2.24) is 14.7 Å². The molecule has 3 rings (SSSR count). The van der Waals surface area contributed by atoms with Crippen molar-refractivity contribution in [3.05, 3.63) is 35.9 Å². The third-order valence-electron chi connectivity index (χ3n) is 5.96. The quantitative estimate of drug-likeness (QED) is 0.813. The van der Waals surface area contributed by atoms with Gasteiger partial charge in [0.15, 0.2) is 0 Å². The monoisotopic (exact) mass is 357 g/mol. The van der Waals surface area contributed by atoms with Crippen molar-refractivity contribution in [3.63, 3.8) is 0 Å². The van der Waals surface area contributed by atoms with E-state index in [0.29, 0.717) is 19.5 Å². The van der Waals surface area contributed by atoms with Crippen LogP contribution in [-0.2, 0) is 16.1 Å². The van der Waals surface area contributed by atoms with Gasteiger partial charge in [-0.2, -0.15) is 0 Å². The summed E-state index contributed by atoms with van der Waals surface area (Å²) >= 11 is 0. The Morgan fingerprint density at radius 1 is 1.19 bits per heavy atom. The maximum Gasteiger partial charge on any atom is 0.236 e. The molecule has 142 valence electrons. The molecular weight excluding hydrogens is 326 g/mol. The lowest BCUT2D eigenvalue weighted by Crippen LogP contribution is -2.55. The Balaban J connectivity index is 1.64. The highest BCUT2D eigenvalue weighted by Gasteiger charge is 2.41. The minimum absolute atomic E-state index is 0.145. The van der Waals surface area contributed by atoms with E-state index in [1.165, 1.54) is 5.56 Å². The molecule has 2 saturated heterocycles. The molecule has 2 aliphatic rings. The molecule has 0 saturated carbocycles. The number of nitrogens with zero attached hydrogens (tertiary/aromatic N) is 3. The lowest BCUT2D eigenvalue weighted by molar-refractivity contribution is -0.141. The van der Waals surface area contributed by atoms with Gasteiger partial charge in [-0.25, -0.2) is 0 Å². The van der Waals surface area contributed by atoms with E-state index in [-0.39, 0.29) is 17.2 Å². The van der Waals surface area contributed by atoms with Crippen molar-refractivity contribution in [3.8, 4) is 0 Å². The van der Waals surface area contributed by atoms with Crippen LogP contribution in [0.25, 0.3) is 0 Å². The molecule has 1 aromatic carbocycles. The smallest absolute Gasteiger partial charge is 0.236 e. The van der Waals surface area contributed by atoms with Crippen molar-refractivity contribution in [2.75, 3.05) is 39.8 Å². The molecule has 2 aliphatic heterocycles. The number of benzene rings is 1. The van der Waals surface area contributed by atoms with E-state index in [1.54, 1.807) is 4.90 Å². The van der Waals surface area contributed by atoms with Crippen molar-refractivity contribution in [2.24, 2.45) is 5.41 Å².